The van der Waals surface area contributed by atoms with Crippen LogP contribution in [0.4, 0.5) is 0 Å². The number of nitrogens with zero attached hydrogens (tertiary/aromatic N) is 2. The summed E-state index contributed by atoms with van der Waals surface area (Å²) in [5.41, 5.74) is 0. The summed E-state index contributed by atoms with van der Waals surface area (Å²) in [6, 6.07) is 3.55. The molecule has 0 spiro atoms. The number of halogens is 1. The highest BCUT2D eigenvalue weighted by atomic mass is 35.5. The predicted octanol–water partition coefficient (Wildman–Crippen LogP) is 1.82. The van der Waals surface area contributed by atoms with Crippen molar-refractivity contribution in [2.24, 2.45) is 0 Å². The molecule has 0 atom stereocenters. The molecule has 0 fully saturated rings. The summed E-state index contributed by atoms with van der Waals surface area (Å²) < 4.78 is 6.39. The molecule has 0 unspecified atom stereocenters. The summed E-state index contributed by atoms with van der Waals surface area (Å²) in [7, 11) is 6.39. The van der Waals surface area contributed by atoms with Gasteiger partial charge in [0.15, 0.2) is 0 Å². The van der Waals surface area contributed by atoms with Crippen LogP contribution in [0.25, 0.3) is 0 Å². The minimum absolute atomic E-state index is 0.490. The Hall–Kier alpha value is -0.800. The molecule has 0 aliphatic carbocycles. The Morgan fingerprint density at radius 3 is 2.57 bits per heavy atom. The van der Waals surface area contributed by atoms with Crippen LogP contribution >= 0.6 is 11.6 Å². The van der Waals surface area contributed by atoms with Crippen LogP contribution in [0.1, 0.15) is 0 Å². The van der Waals surface area contributed by atoms with E-state index in [0.717, 1.165) is 16.8 Å². The first-order valence-electron chi connectivity index (χ1n) is 4.52. The van der Waals surface area contributed by atoms with E-state index in [-0.39, 0.29) is 0 Å². The first-order chi connectivity index (χ1) is 6.47. The second-order valence-electron chi connectivity index (χ2n) is 4.18. The van der Waals surface area contributed by atoms with E-state index in [1.807, 2.05) is 6.07 Å². The molecule has 0 N–H and O–H groups in total. The summed E-state index contributed by atoms with van der Waals surface area (Å²) in [5.74, 6) is 0.767. The van der Waals surface area contributed by atoms with E-state index >= 15 is 0 Å². The maximum Gasteiger partial charge on any atom is 0.138 e. The third-order valence-corrected chi connectivity index (χ3v) is 1.95. The summed E-state index contributed by atoms with van der Waals surface area (Å²) in [4.78, 5) is 3.93. The molecule has 4 heteroatoms. The summed E-state index contributed by atoms with van der Waals surface area (Å²) in [5, 5.41) is 0.490. The van der Waals surface area contributed by atoms with E-state index in [2.05, 4.69) is 26.1 Å². The van der Waals surface area contributed by atoms with Crippen LogP contribution in [0.3, 0.4) is 0 Å². The smallest absolute Gasteiger partial charge is 0.138 e. The van der Waals surface area contributed by atoms with Crippen molar-refractivity contribution in [1.29, 1.82) is 0 Å². The Morgan fingerprint density at radius 1 is 1.36 bits per heavy atom. The molecule has 0 amide bonds. The lowest BCUT2D eigenvalue weighted by Crippen LogP contribution is -2.38. The Morgan fingerprint density at radius 2 is 2.07 bits per heavy atom. The molecule has 78 valence electrons. The Labute approximate surface area is 89.9 Å². The third kappa shape index (κ3) is 4.44. The van der Waals surface area contributed by atoms with Gasteiger partial charge in [-0.3, -0.25) is 0 Å². The van der Waals surface area contributed by atoms with Crippen LogP contribution in [-0.2, 0) is 0 Å². The van der Waals surface area contributed by atoms with Crippen molar-refractivity contribution < 1.29 is 9.22 Å². The number of quaternary nitrogens is 1. The van der Waals surface area contributed by atoms with E-state index in [0.29, 0.717) is 11.8 Å². The molecule has 3 nitrogen and oxygen atoms in total. The monoisotopic (exact) mass is 215 g/mol. The van der Waals surface area contributed by atoms with Crippen molar-refractivity contribution in [1.82, 2.24) is 4.98 Å². The number of hydrogen-bond acceptors (Lipinski definition) is 2. The molecular weight excluding hydrogens is 200 g/mol. The van der Waals surface area contributed by atoms with Crippen molar-refractivity contribution in [3.63, 3.8) is 0 Å². The molecule has 1 aromatic heterocycles. The van der Waals surface area contributed by atoms with Gasteiger partial charge in [0.05, 0.1) is 27.3 Å². The van der Waals surface area contributed by atoms with Crippen LogP contribution in [0, 0.1) is 0 Å². The Kier molecular flexibility index (Phi) is 3.72. The van der Waals surface area contributed by atoms with E-state index in [1.54, 1.807) is 12.3 Å². The fraction of sp³-hybridized carbons (Fsp3) is 0.500. The van der Waals surface area contributed by atoms with Gasteiger partial charge >= 0.3 is 0 Å². The van der Waals surface area contributed by atoms with Gasteiger partial charge in [-0.1, -0.05) is 11.6 Å². The molecule has 1 heterocycles. The molecule has 0 saturated carbocycles. The van der Waals surface area contributed by atoms with Gasteiger partial charge in [-0.05, 0) is 12.1 Å². The van der Waals surface area contributed by atoms with Crippen molar-refractivity contribution >= 4 is 11.6 Å². The molecule has 1 aromatic rings. The van der Waals surface area contributed by atoms with Crippen LogP contribution in [-0.4, -0.2) is 43.8 Å². The lowest BCUT2D eigenvalue weighted by atomic mass is 10.4. The standard InChI is InChI=1S/C10H16ClN2O/c1-13(2,3)6-7-14-9-4-5-10(11)12-8-9/h4-5,8H,6-7H2,1-3H3/q+1. The first kappa shape index (κ1) is 11.3. The number of aromatic nitrogens is 1. The van der Waals surface area contributed by atoms with Crippen LogP contribution in [0.15, 0.2) is 18.3 Å². The summed E-state index contributed by atoms with van der Waals surface area (Å²) >= 11 is 5.65. The maximum absolute atomic E-state index is 5.65. The Bertz CT molecular complexity index is 279. The fourth-order valence-corrected chi connectivity index (χ4v) is 0.997. The van der Waals surface area contributed by atoms with Crippen molar-refractivity contribution in [3.05, 3.63) is 23.5 Å². The lowest BCUT2D eigenvalue weighted by molar-refractivity contribution is -0.870. The largest absolute Gasteiger partial charge is 0.486 e. The van der Waals surface area contributed by atoms with Crippen molar-refractivity contribution in [2.45, 2.75) is 0 Å². The van der Waals surface area contributed by atoms with E-state index in [1.165, 1.54) is 0 Å². The minimum Gasteiger partial charge on any atom is -0.486 e. The second-order valence-corrected chi connectivity index (χ2v) is 4.57. The summed E-state index contributed by atoms with van der Waals surface area (Å²) in [6.07, 6.45) is 1.64. The quantitative estimate of drug-likeness (QED) is 0.565. The van der Waals surface area contributed by atoms with Crippen molar-refractivity contribution in [3.8, 4) is 5.75 Å². The molecule has 0 aliphatic rings. The van der Waals surface area contributed by atoms with Crippen LogP contribution in [0.2, 0.25) is 5.15 Å². The molecule has 0 aromatic carbocycles. The van der Waals surface area contributed by atoms with Gasteiger partial charge in [0.1, 0.15) is 24.1 Å². The van der Waals surface area contributed by atoms with Gasteiger partial charge in [-0.15, -0.1) is 0 Å². The minimum atomic E-state index is 0.490. The molecular formula is C10H16ClN2O+. The van der Waals surface area contributed by atoms with E-state index < -0.39 is 0 Å². The first-order valence-corrected chi connectivity index (χ1v) is 4.90. The van der Waals surface area contributed by atoms with Crippen LogP contribution in [0.5, 0.6) is 5.75 Å². The van der Waals surface area contributed by atoms with Gasteiger partial charge in [-0.25, -0.2) is 4.98 Å². The highest BCUT2D eigenvalue weighted by Gasteiger charge is 2.06. The molecule has 14 heavy (non-hydrogen) atoms. The van der Waals surface area contributed by atoms with Crippen LogP contribution < -0.4 is 4.74 Å². The second kappa shape index (κ2) is 4.62. The lowest BCUT2D eigenvalue weighted by Gasteiger charge is -2.23. The van der Waals surface area contributed by atoms with E-state index in [4.69, 9.17) is 16.3 Å². The number of hydrogen-bond donors (Lipinski definition) is 0. The zero-order valence-corrected chi connectivity index (χ0v) is 9.58. The predicted molar refractivity (Wildman–Crippen MR) is 57.6 cm³/mol. The molecule has 1 rings (SSSR count). The zero-order valence-electron chi connectivity index (χ0n) is 8.83. The number of likely N-dealkylation sites (N-methyl/N-ethyl adjacent to an activating group) is 1. The van der Waals surface area contributed by atoms with Gasteiger partial charge in [-0.2, -0.15) is 0 Å². The number of ether oxygens (including phenoxy) is 1. The van der Waals surface area contributed by atoms with Crippen molar-refractivity contribution in [2.75, 3.05) is 34.3 Å². The highest BCUT2D eigenvalue weighted by molar-refractivity contribution is 6.29. The number of pyridine rings is 1. The normalized spacial score (nSPS) is 11.4. The van der Waals surface area contributed by atoms with Gasteiger partial charge < -0.3 is 9.22 Å². The fourth-order valence-electron chi connectivity index (χ4n) is 0.885. The van der Waals surface area contributed by atoms with Gasteiger partial charge in [0.25, 0.3) is 0 Å². The summed E-state index contributed by atoms with van der Waals surface area (Å²) in [6.45, 7) is 1.65. The topological polar surface area (TPSA) is 22.1 Å². The van der Waals surface area contributed by atoms with Gasteiger partial charge in [0.2, 0.25) is 0 Å². The zero-order chi connectivity index (χ0) is 10.6. The molecule has 0 saturated heterocycles. The third-order valence-electron chi connectivity index (χ3n) is 1.73. The SMILES string of the molecule is C[N+](C)(C)CCOc1ccc(Cl)nc1. The molecule has 0 radical (unpaired) electrons. The van der Waals surface area contributed by atoms with Gasteiger partial charge in [0, 0.05) is 0 Å². The molecule has 0 bridgehead atoms. The highest BCUT2D eigenvalue weighted by Crippen LogP contribution is 2.11. The maximum atomic E-state index is 5.65. The molecule has 0 aliphatic heterocycles. The Balaban J connectivity index is 2.35. The van der Waals surface area contributed by atoms with E-state index in [9.17, 15) is 0 Å². The average Bonchev–Trinajstić information content (AvgIpc) is 2.06. The average molecular weight is 216 g/mol. The number of rotatable bonds is 4.